The molecule has 0 rings (SSSR count). The van der Waals surface area contributed by atoms with Gasteiger partial charge < -0.3 is 15.7 Å². The number of rotatable bonds is 2. The minimum absolute atomic E-state index is 0. The van der Waals surface area contributed by atoms with E-state index >= 15 is 0 Å². The Kier molecular flexibility index (Phi) is 36.7. The smallest absolute Gasteiger partial charge is 0.876 e. The quantitative estimate of drug-likeness (QED) is 0.286. The monoisotopic (exact) mass is 294 g/mol. The van der Waals surface area contributed by atoms with Crippen LogP contribution in [0.2, 0.25) is 0 Å². The first-order valence-corrected chi connectivity index (χ1v) is 3.97. The zero-order valence-corrected chi connectivity index (χ0v) is 17.5. The predicted octanol–water partition coefficient (Wildman–Crippen LogP) is -7.14. The van der Waals surface area contributed by atoms with Crippen molar-refractivity contribution in [3.05, 3.63) is 23.7 Å². The van der Waals surface area contributed by atoms with Crippen molar-refractivity contribution in [2.75, 3.05) is 0 Å². The van der Waals surface area contributed by atoms with Crippen LogP contribution in [0.5, 0.6) is 0 Å². The second-order valence-electron chi connectivity index (χ2n) is 2.73. The first-order chi connectivity index (χ1) is 6.25. The zero-order chi connectivity index (χ0) is 11.7. The number of carbonyl (C=O) groups is 2. The summed E-state index contributed by atoms with van der Waals surface area (Å²) in [6.07, 6.45) is 2.11. The van der Waals surface area contributed by atoms with Gasteiger partial charge in [-0.2, -0.15) is 0 Å². The number of carbonyl (C=O) groups excluding carboxylic acids is 2. The molecule has 2 N–H and O–H groups in total. The SMILES string of the molecule is CC(=O)/C=C(/C)[O-].CC(=O)/C=C(/C)[O-].O.[K+].[K+]. The minimum atomic E-state index is -0.187. The van der Waals surface area contributed by atoms with Crippen molar-refractivity contribution in [1.29, 1.82) is 0 Å². The summed E-state index contributed by atoms with van der Waals surface area (Å²) in [4.78, 5) is 20.0. The maximum absolute atomic E-state index is 9.98. The second-order valence-corrected chi connectivity index (χ2v) is 2.73. The topological polar surface area (TPSA) is 112 Å². The van der Waals surface area contributed by atoms with Gasteiger partial charge in [-0.05, 0) is 26.0 Å². The van der Waals surface area contributed by atoms with E-state index in [9.17, 15) is 19.8 Å². The van der Waals surface area contributed by atoms with Crippen LogP contribution in [0.1, 0.15) is 27.7 Å². The van der Waals surface area contributed by atoms with Crippen molar-refractivity contribution in [2.45, 2.75) is 27.7 Å². The Balaban J connectivity index is -0.0000000480. The molecule has 0 fully saturated rings. The van der Waals surface area contributed by atoms with E-state index in [4.69, 9.17) is 0 Å². The molecular formula is C10H16K2O5. The minimum Gasteiger partial charge on any atom is -0.876 e. The van der Waals surface area contributed by atoms with Gasteiger partial charge in [0.25, 0.3) is 0 Å². The maximum atomic E-state index is 9.98. The third kappa shape index (κ3) is 46.4. The Morgan fingerprint density at radius 1 is 0.765 bits per heavy atom. The molecule has 88 valence electrons. The Hall–Kier alpha value is 1.65. The van der Waals surface area contributed by atoms with Crippen LogP contribution in [0, 0.1) is 0 Å². The molecule has 0 saturated heterocycles. The van der Waals surface area contributed by atoms with Crippen LogP contribution >= 0.6 is 0 Å². The fourth-order valence-electron chi connectivity index (χ4n) is 0.572. The molecule has 0 aliphatic heterocycles. The van der Waals surface area contributed by atoms with Crippen molar-refractivity contribution < 1.29 is 128 Å². The van der Waals surface area contributed by atoms with Gasteiger partial charge in [0, 0.05) is 0 Å². The fraction of sp³-hybridized carbons (Fsp3) is 0.400. The molecule has 0 bridgehead atoms. The average molecular weight is 294 g/mol. The van der Waals surface area contributed by atoms with Crippen molar-refractivity contribution in [3.8, 4) is 0 Å². The fourth-order valence-corrected chi connectivity index (χ4v) is 0.572. The van der Waals surface area contributed by atoms with Gasteiger partial charge in [0.1, 0.15) is 0 Å². The normalized spacial score (nSPS) is 9.41. The molecule has 7 heteroatoms. The van der Waals surface area contributed by atoms with Gasteiger partial charge in [0.15, 0.2) is 11.6 Å². The standard InChI is InChI=1S/2C5H8O2.2K.H2O/c2*1-4(6)3-5(2)7;;;/h2*3,6H,1-2H3;;;1H2/q;;2*+1;/p-2/b2*4-3-;;;. The largest absolute Gasteiger partial charge is 1.00 e. The van der Waals surface area contributed by atoms with E-state index in [1.807, 2.05) is 0 Å². The molecule has 0 atom stereocenters. The number of hydrogen-bond acceptors (Lipinski definition) is 4. The van der Waals surface area contributed by atoms with Crippen molar-refractivity contribution in [3.63, 3.8) is 0 Å². The molecule has 0 saturated carbocycles. The van der Waals surface area contributed by atoms with E-state index in [2.05, 4.69) is 0 Å². The molecule has 5 nitrogen and oxygen atoms in total. The molecule has 17 heavy (non-hydrogen) atoms. The molecule has 0 aromatic heterocycles. The van der Waals surface area contributed by atoms with Gasteiger partial charge in [-0.25, -0.2) is 0 Å². The van der Waals surface area contributed by atoms with Crippen LogP contribution in [-0.2, 0) is 9.59 Å². The van der Waals surface area contributed by atoms with Gasteiger partial charge >= 0.3 is 103 Å². The summed E-state index contributed by atoms with van der Waals surface area (Å²) in [7, 11) is 0. The van der Waals surface area contributed by atoms with Crippen LogP contribution in [-0.4, -0.2) is 17.0 Å². The van der Waals surface area contributed by atoms with Crippen LogP contribution in [0.25, 0.3) is 0 Å². The van der Waals surface area contributed by atoms with Crippen LogP contribution in [0.4, 0.5) is 0 Å². The second kappa shape index (κ2) is 20.0. The molecule has 0 aromatic rings. The van der Waals surface area contributed by atoms with E-state index in [1.165, 1.54) is 27.7 Å². The molecule has 0 unspecified atom stereocenters. The van der Waals surface area contributed by atoms with Crippen molar-refractivity contribution in [2.24, 2.45) is 0 Å². The Bertz CT molecular complexity index is 236. The third-order valence-corrected chi connectivity index (χ3v) is 0.813. The van der Waals surface area contributed by atoms with E-state index in [1.54, 1.807) is 0 Å². The number of allylic oxidation sites excluding steroid dienone is 4. The summed E-state index contributed by atoms with van der Waals surface area (Å²) in [5.41, 5.74) is 0. The molecule has 0 spiro atoms. The van der Waals surface area contributed by atoms with E-state index < -0.39 is 0 Å². The summed E-state index contributed by atoms with van der Waals surface area (Å²) in [6, 6.07) is 0. The molecule has 0 aliphatic carbocycles. The van der Waals surface area contributed by atoms with Crippen LogP contribution in [0.3, 0.4) is 0 Å². The van der Waals surface area contributed by atoms with E-state index in [-0.39, 0.29) is 131 Å². The van der Waals surface area contributed by atoms with Gasteiger partial charge in [0.2, 0.25) is 0 Å². The summed E-state index contributed by atoms with van der Waals surface area (Å²) in [6.45, 7) is 5.39. The molecular weight excluding hydrogens is 278 g/mol. The summed E-state index contributed by atoms with van der Waals surface area (Å²) in [5.74, 6) is -0.750. The number of ketones is 2. The molecule has 0 heterocycles. The molecule has 0 aromatic carbocycles. The predicted molar refractivity (Wildman–Crippen MR) is 52.5 cm³/mol. The van der Waals surface area contributed by atoms with Crippen LogP contribution < -0.4 is 113 Å². The summed E-state index contributed by atoms with van der Waals surface area (Å²) < 4.78 is 0. The maximum Gasteiger partial charge on any atom is 1.00 e. The zero-order valence-electron chi connectivity index (χ0n) is 11.3. The number of hydrogen-bond donors (Lipinski definition) is 0. The van der Waals surface area contributed by atoms with Gasteiger partial charge in [-0.1, -0.05) is 13.8 Å². The van der Waals surface area contributed by atoms with E-state index in [0.717, 1.165) is 12.2 Å². The molecule has 0 aliphatic rings. The Morgan fingerprint density at radius 2 is 0.941 bits per heavy atom. The Labute approximate surface area is 187 Å². The Morgan fingerprint density at radius 3 is 0.941 bits per heavy atom. The summed E-state index contributed by atoms with van der Waals surface area (Å²) >= 11 is 0. The van der Waals surface area contributed by atoms with Gasteiger partial charge in [-0.3, -0.25) is 9.59 Å². The average Bonchev–Trinajstić information content (AvgIpc) is 1.79. The summed E-state index contributed by atoms with van der Waals surface area (Å²) in [5, 5.41) is 20.0. The van der Waals surface area contributed by atoms with Gasteiger partial charge in [-0.15, -0.1) is 11.5 Å². The first-order valence-electron chi connectivity index (χ1n) is 3.97. The van der Waals surface area contributed by atoms with E-state index in [0.29, 0.717) is 0 Å². The van der Waals surface area contributed by atoms with Crippen LogP contribution in [0.15, 0.2) is 23.7 Å². The van der Waals surface area contributed by atoms with Crippen molar-refractivity contribution >= 4 is 11.6 Å². The third-order valence-electron chi connectivity index (χ3n) is 0.813. The van der Waals surface area contributed by atoms with Crippen molar-refractivity contribution in [1.82, 2.24) is 0 Å². The first kappa shape index (κ1) is 31.2. The van der Waals surface area contributed by atoms with Gasteiger partial charge in [0.05, 0.1) is 0 Å². The molecule has 0 radical (unpaired) electrons. The molecule has 0 amide bonds.